The second-order valence-corrected chi connectivity index (χ2v) is 8.67. The van der Waals surface area contributed by atoms with Crippen molar-refractivity contribution in [3.05, 3.63) is 59.5 Å². The number of methoxy groups -OCH3 is 1. The second kappa shape index (κ2) is 9.34. The number of fused-ring (bicyclic) bond motifs is 1. The maximum Gasteiger partial charge on any atom is 0.227 e. The van der Waals surface area contributed by atoms with E-state index in [-0.39, 0.29) is 18.1 Å². The standard InChI is InChI=1S/C24H26ClN7O2/c1-16(33)30-9-11-31(12-10-30)17-6-7-19(21(13-17)34-2)28-24-27-14-18(25)23(29-24)20-15-26-22-5-3-4-8-32(20)22/h3-8,13-15,20,22H,9-12H2,1-2H3,(H,27,28,29). The molecular weight excluding hydrogens is 454 g/mol. The van der Waals surface area contributed by atoms with Gasteiger partial charge in [-0.15, -0.1) is 0 Å². The van der Waals surface area contributed by atoms with Crippen molar-refractivity contribution in [1.29, 1.82) is 0 Å². The van der Waals surface area contributed by atoms with E-state index in [0.717, 1.165) is 24.5 Å². The predicted octanol–water partition coefficient (Wildman–Crippen LogP) is 3.39. The number of rotatable bonds is 5. The molecule has 0 spiro atoms. The fourth-order valence-electron chi connectivity index (χ4n) is 4.37. The molecule has 3 aliphatic heterocycles. The van der Waals surface area contributed by atoms with Gasteiger partial charge >= 0.3 is 0 Å². The van der Waals surface area contributed by atoms with E-state index in [2.05, 4.69) is 25.1 Å². The zero-order chi connectivity index (χ0) is 23.7. The Hall–Kier alpha value is -3.59. The molecule has 2 unspecified atom stereocenters. The van der Waals surface area contributed by atoms with Gasteiger partial charge in [0.05, 0.1) is 29.7 Å². The van der Waals surface area contributed by atoms with Crippen molar-refractivity contribution in [2.45, 2.75) is 19.1 Å². The van der Waals surface area contributed by atoms with Crippen LogP contribution in [-0.4, -0.2) is 71.3 Å². The molecule has 2 aromatic rings. The van der Waals surface area contributed by atoms with Crippen LogP contribution in [0.25, 0.3) is 0 Å². The second-order valence-electron chi connectivity index (χ2n) is 8.26. The minimum atomic E-state index is -0.166. The summed E-state index contributed by atoms with van der Waals surface area (Å²) < 4.78 is 5.65. The fourth-order valence-corrected chi connectivity index (χ4v) is 4.57. The summed E-state index contributed by atoms with van der Waals surface area (Å²) in [5, 5.41) is 3.75. The van der Waals surface area contributed by atoms with Crippen LogP contribution in [0.15, 0.2) is 53.8 Å². The van der Waals surface area contributed by atoms with Crippen LogP contribution in [0.3, 0.4) is 0 Å². The Morgan fingerprint density at radius 1 is 1.21 bits per heavy atom. The number of nitrogens with one attached hydrogen (secondary N) is 1. The minimum absolute atomic E-state index is 0.0395. The molecule has 4 heterocycles. The summed E-state index contributed by atoms with van der Waals surface area (Å²) in [6.45, 7) is 4.60. The molecule has 34 heavy (non-hydrogen) atoms. The third kappa shape index (κ3) is 4.31. The molecule has 3 aliphatic rings. The van der Waals surface area contributed by atoms with E-state index in [4.69, 9.17) is 21.3 Å². The Kier molecular flexibility index (Phi) is 6.10. The average molecular weight is 480 g/mol. The van der Waals surface area contributed by atoms with Gasteiger partial charge < -0.3 is 24.8 Å². The number of carbonyl (C=O) groups excluding carboxylic acids is 1. The molecule has 1 aromatic heterocycles. The van der Waals surface area contributed by atoms with Crippen LogP contribution in [0, 0.1) is 0 Å². The van der Waals surface area contributed by atoms with E-state index >= 15 is 0 Å². The molecule has 2 atom stereocenters. The number of allylic oxidation sites excluding steroid dienone is 2. The molecule has 0 radical (unpaired) electrons. The highest BCUT2D eigenvalue weighted by Crippen LogP contribution is 2.35. The van der Waals surface area contributed by atoms with Crippen molar-refractivity contribution in [1.82, 2.24) is 19.8 Å². The molecule has 1 N–H and O–H groups in total. The Labute approximate surface area is 203 Å². The van der Waals surface area contributed by atoms with Crippen molar-refractivity contribution in [2.24, 2.45) is 4.99 Å². The number of halogens is 1. The summed E-state index contributed by atoms with van der Waals surface area (Å²) in [6, 6.07) is 5.81. The zero-order valence-corrected chi connectivity index (χ0v) is 19.8. The van der Waals surface area contributed by atoms with E-state index in [0.29, 0.717) is 35.5 Å². The Morgan fingerprint density at radius 2 is 2.03 bits per heavy atom. The van der Waals surface area contributed by atoms with Crippen molar-refractivity contribution in [3.8, 4) is 5.75 Å². The third-order valence-electron chi connectivity index (χ3n) is 6.23. The quantitative estimate of drug-likeness (QED) is 0.703. The number of hydrogen-bond donors (Lipinski definition) is 1. The first-order chi connectivity index (χ1) is 16.5. The SMILES string of the molecule is COc1cc(N2CCN(C(C)=O)CC2)ccc1Nc1ncc(Cl)c(C2C=NC3C=CC=CN32)n1. The number of anilines is 3. The van der Waals surface area contributed by atoms with Gasteiger partial charge in [0.1, 0.15) is 18.0 Å². The number of ether oxygens (including phenoxy) is 1. The lowest BCUT2D eigenvalue weighted by atomic mass is 10.2. The predicted molar refractivity (Wildman–Crippen MR) is 133 cm³/mol. The molecule has 5 rings (SSSR count). The molecule has 1 aromatic carbocycles. The summed E-state index contributed by atoms with van der Waals surface area (Å²) >= 11 is 6.47. The van der Waals surface area contributed by atoms with Gasteiger partial charge in [-0.3, -0.25) is 9.79 Å². The number of aliphatic imine (C=N–C) groups is 1. The molecule has 10 heteroatoms. The first-order valence-electron chi connectivity index (χ1n) is 11.2. The van der Waals surface area contributed by atoms with E-state index in [1.807, 2.05) is 53.7 Å². The van der Waals surface area contributed by atoms with Gasteiger partial charge in [0.2, 0.25) is 11.9 Å². The third-order valence-corrected chi connectivity index (χ3v) is 6.52. The summed E-state index contributed by atoms with van der Waals surface area (Å²) in [4.78, 5) is 31.4. The summed E-state index contributed by atoms with van der Waals surface area (Å²) in [5.74, 6) is 1.22. The Morgan fingerprint density at radius 3 is 2.79 bits per heavy atom. The molecule has 0 saturated carbocycles. The average Bonchev–Trinajstić information content (AvgIpc) is 3.29. The van der Waals surface area contributed by atoms with Crippen molar-refractivity contribution in [3.63, 3.8) is 0 Å². The summed E-state index contributed by atoms with van der Waals surface area (Å²) in [6.07, 6.45) is 11.4. The molecular formula is C24H26ClN7O2. The molecule has 176 valence electrons. The molecule has 1 amide bonds. The molecule has 9 nitrogen and oxygen atoms in total. The van der Waals surface area contributed by atoms with Crippen molar-refractivity contribution in [2.75, 3.05) is 43.5 Å². The lowest BCUT2D eigenvalue weighted by Gasteiger charge is -2.35. The number of aromatic nitrogens is 2. The highest BCUT2D eigenvalue weighted by Gasteiger charge is 2.31. The zero-order valence-electron chi connectivity index (χ0n) is 19.1. The summed E-state index contributed by atoms with van der Waals surface area (Å²) in [7, 11) is 1.64. The smallest absolute Gasteiger partial charge is 0.227 e. The number of hydrogen-bond acceptors (Lipinski definition) is 8. The largest absolute Gasteiger partial charge is 0.494 e. The van der Waals surface area contributed by atoms with Gasteiger partial charge in [-0.05, 0) is 24.3 Å². The van der Waals surface area contributed by atoms with Crippen molar-refractivity contribution >= 4 is 41.0 Å². The lowest BCUT2D eigenvalue weighted by molar-refractivity contribution is -0.129. The van der Waals surface area contributed by atoms with Crippen LogP contribution in [0.2, 0.25) is 5.02 Å². The van der Waals surface area contributed by atoms with Crippen molar-refractivity contribution < 1.29 is 9.53 Å². The summed E-state index contributed by atoms with van der Waals surface area (Å²) in [5.41, 5.74) is 2.48. The van der Waals surface area contributed by atoms with Gasteiger partial charge in [0.15, 0.2) is 0 Å². The van der Waals surface area contributed by atoms with Crippen LogP contribution >= 0.6 is 11.6 Å². The van der Waals surface area contributed by atoms with Gasteiger partial charge in [-0.1, -0.05) is 17.7 Å². The first kappa shape index (κ1) is 22.2. The van der Waals surface area contributed by atoms with Crippen LogP contribution in [-0.2, 0) is 4.79 Å². The van der Waals surface area contributed by atoms with Crippen LogP contribution < -0.4 is 15.0 Å². The lowest BCUT2D eigenvalue weighted by Crippen LogP contribution is -2.48. The van der Waals surface area contributed by atoms with Crippen LogP contribution in [0.1, 0.15) is 18.7 Å². The number of benzene rings is 1. The number of piperazine rings is 1. The van der Waals surface area contributed by atoms with Crippen LogP contribution in [0.5, 0.6) is 5.75 Å². The Balaban J connectivity index is 1.34. The Bertz CT molecular complexity index is 1170. The minimum Gasteiger partial charge on any atom is -0.494 e. The molecule has 1 saturated heterocycles. The number of nitrogens with zero attached hydrogens (tertiary/aromatic N) is 6. The monoisotopic (exact) mass is 479 g/mol. The first-order valence-corrected chi connectivity index (χ1v) is 11.5. The maximum absolute atomic E-state index is 11.6. The number of carbonyl (C=O) groups is 1. The maximum atomic E-state index is 11.6. The van der Waals surface area contributed by atoms with E-state index in [9.17, 15) is 4.79 Å². The molecule has 0 bridgehead atoms. The number of amides is 1. The fraction of sp³-hybridized carbons (Fsp3) is 0.333. The van der Waals surface area contributed by atoms with E-state index in [1.165, 1.54) is 0 Å². The highest BCUT2D eigenvalue weighted by atomic mass is 35.5. The molecule has 1 fully saturated rings. The van der Waals surface area contributed by atoms with Gasteiger partial charge in [0, 0.05) is 57.3 Å². The normalized spacial score (nSPS) is 21.1. The van der Waals surface area contributed by atoms with Gasteiger partial charge in [-0.2, -0.15) is 0 Å². The van der Waals surface area contributed by atoms with E-state index in [1.54, 1.807) is 20.2 Å². The highest BCUT2D eigenvalue weighted by molar-refractivity contribution is 6.31. The van der Waals surface area contributed by atoms with E-state index < -0.39 is 0 Å². The van der Waals surface area contributed by atoms with Crippen LogP contribution in [0.4, 0.5) is 17.3 Å². The van der Waals surface area contributed by atoms with Gasteiger partial charge in [0.25, 0.3) is 0 Å². The topological polar surface area (TPSA) is 86.2 Å². The van der Waals surface area contributed by atoms with Gasteiger partial charge in [-0.25, -0.2) is 9.97 Å². The molecule has 0 aliphatic carbocycles.